The van der Waals surface area contributed by atoms with E-state index in [0.717, 1.165) is 0 Å². The van der Waals surface area contributed by atoms with Gasteiger partial charge in [-0.25, -0.2) is 14.0 Å². The summed E-state index contributed by atoms with van der Waals surface area (Å²) in [6, 6.07) is 2.09. The third-order valence-corrected chi connectivity index (χ3v) is 3.90. The van der Waals surface area contributed by atoms with Crippen molar-refractivity contribution in [2.75, 3.05) is 20.2 Å². The molecule has 0 aromatic carbocycles. The Morgan fingerprint density at radius 3 is 2.56 bits per heavy atom. The summed E-state index contributed by atoms with van der Waals surface area (Å²) < 4.78 is 25.7. The minimum absolute atomic E-state index is 0.147. The van der Waals surface area contributed by atoms with Crippen molar-refractivity contribution in [1.82, 2.24) is 9.47 Å². The van der Waals surface area contributed by atoms with E-state index >= 15 is 0 Å². The van der Waals surface area contributed by atoms with Gasteiger partial charge in [0.25, 0.3) is 5.56 Å². The molecule has 0 saturated carbocycles. The van der Waals surface area contributed by atoms with Gasteiger partial charge in [0.2, 0.25) is 0 Å². The van der Waals surface area contributed by atoms with Gasteiger partial charge in [-0.15, -0.1) is 0 Å². The molecular formula is C17H23FN2O5. The van der Waals surface area contributed by atoms with Crippen LogP contribution >= 0.6 is 0 Å². The van der Waals surface area contributed by atoms with E-state index in [0.29, 0.717) is 0 Å². The zero-order chi connectivity index (χ0) is 18.8. The summed E-state index contributed by atoms with van der Waals surface area (Å²) in [7, 11) is 1.18. The number of esters is 1. The highest BCUT2D eigenvalue weighted by Crippen LogP contribution is 2.25. The third kappa shape index (κ3) is 4.37. The highest BCUT2D eigenvalue weighted by molar-refractivity contribution is 5.88. The highest BCUT2D eigenvalue weighted by Gasteiger charge is 2.35. The number of halogens is 1. The van der Waals surface area contributed by atoms with Crippen LogP contribution in [0.15, 0.2) is 23.1 Å². The van der Waals surface area contributed by atoms with E-state index in [2.05, 4.69) is 4.74 Å². The molecule has 1 aromatic heterocycles. The summed E-state index contributed by atoms with van der Waals surface area (Å²) in [5.41, 5.74) is -1.41. The summed E-state index contributed by atoms with van der Waals surface area (Å²) in [6.45, 7) is 5.30. The molecule has 0 radical (unpaired) electrons. The van der Waals surface area contributed by atoms with Crippen molar-refractivity contribution in [3.8, 4) is 0 Å². The molecule has 1 amide bonds. The maximum Gasteiger partial charge on any atom is 0.410 e. The molecule has 25 heavy (non-hydrogen) atoms. The molecule has 0 aliphatic carbocycles. The number of hydrogen-bond acceptors (Lipinski definition) is 5. The van der Waals surface area contributed by atoms with E-state index < -0.39 is 35.4 Å². The summed E-state index contributed by atoms with van der Waals surface area (Å²) in [5, 5.41) is 0. The molecule has 1 saturated heterocycles. The molecule has 1 aliphatic rings. The van der Waals surface area contributed by atoms with Gasteiger partial charge in [-0.1, -0.05) is 0 Å². The predicted molar refractivity (Wildman–Crippen MR) is 88.4 cm³/mol. The number of ether oxygens (including phenoxy) is 2. The SMILES string of the molecule is COC(=O)c1cccn([C@H]2CCN(C(=O)OC(C)(C)C)C[C@H]2F)c1=O. The quantitative estimate of drug-likeness (QED) is 0.761. The van der Waals surface area contributed by atoms with Crippen LogP contribution in [-0.4, -0.2) is 53.5 Å². The van der Waals surface area contributed by atoms with Crippen molar-refractivity contribution in [2.45, 2.75) is 45.0 Å². The minimum atomic E-state index is -1.45. The Hall–Kier alpha value is -2.38. The lowest BCUT2D eigenvalue weighted by molar-refractivity contribution is 0.00647. The van der Waals surface area contributed by atoms with Crippen LogP contribution in [0.5, 0.6) is 0 Å². The van der Waals surface area contributed by atoms with Gasteiger partial charge in [-0.3, -0.25) is 4.79 Å². The second kappa shape index (κ2) is 7.25. The number of hydrogen-bond donors (Lipinski definition) is 0. The van der Waals surface area contributed by atoms with Crippen molar-refractivity contribution < 1.29 is 23.5 Å². The number of piperidine rings is 1. The second-order valence-corrected chi connectivity index (χ2v) is 6.92. The van der Waals surface area contributed by atoms with Gasteiger partial charge in [-0.2, -0.15) is 0 Å². The first kappa shape index (κ1) is 19.0. The van der Waals surface area contributed by atoms with Crippen molar-refractivity contribution in [3.05, 3.63) is 34.2 Å². The Bertz CT molecular complexity index is 710. The third-order valence-electron chi connectivity index (χ3n) is 3.90. The predicted octanol–water partition coefficient (Wildman–Crippen LogP) is 2.15. The maximum atomic E-state index is 14.6. The van der Waals surface area contributed by atoms with E-state index in [4.69, 9.17) is 4.74 Å². The Kier molecular flexibility index (Phi) is 5.49. The van der Waals surface area contributed by atoms with Gasteiger partial charge in [-0.05, 0) is 39.3 Å². The normalized spacial score (nSPS) is 20.9. The number of carbonyl (C=O) groups excluding carboxylic acids is 2. The molecule has 1 fully saturated rings. The number of pyridine rings is 1. The van der Waals surface area contributed by atoms with Crippen LogP contribution in [0.25, 0.3) is 0 Å². The summed E-state index contributed by atoms with van der Waals surface area (Å²) >= 11 is 0. The van der Waals surface area contributed by atoms with Gasteiger partial charge in [0.1, 0.15) is 17.3 Å². The average Bonchev–Trinajstić information content (AvgIpc) is 2.53. The Morgan fingerprint density at radius 2 is 2.00 bits per heavy atom. The lowest BCUT2D eigenvalue weighted by Gasteiger charge is -2.36. The fraction of sp³-hybridized carbons (Fsp3) is 0.588. The zero-order valence-corrected chi connectivity index (χ0v) is 14.8. The second-order valence-electron chi connectivity index (χ2n) is 6.92. The molecule has 1 aliphatic heterocycles. The van der Waals surface area contributed by atoms with Gasteiger partial charge in [0.05, 0.1) is 19.7 Å². The van der Waals surface area contributed by atoms with Crippen LogP contribution in [0.4, 0.5) is 9.18 Å². The van der Waals surface area contributed by atoms with Crippen LogP contribution in [0, 0.1) is 0 Å². The first-order valence-electron chi connectivity index (χ1n) is 8.05. The van der Waals surface area contributed by atoms with Crippen LogP contribution in [0.3, 0.4) is 0 Å². The van der Waals surface area contributed by atoms with Crippen LogP contribution in [-0.2, 0) is 9.47 Å². The number of amides is 1. The molecule has 7 nitrogen and oxygen atoms in total. The van der Waals surface area contributed by atoms with E-state index in [1.807, 2.05) is 0 Å². The molecule has 1 aromatic rings. The van der Waals surface area contributed by atoms with Crippen LogP contribution in [0.2, 0.25) is 0 Å². The van der Waals surface area contributed by atoms with Gasteiger partial charge in [0, 0.05) is 12.7 Å². The number of methoxy groups -OCH3 is 1. The molecule has 0 unspecified atom stereocenters. The number of likely N-dealkylation sites (tertiary alicyclic amines) is 1. The summed E-state index contributed by atoms with van der Waals surface area (Å²) in [5.74, 6) is -0.763. The van der Waals surface area contributed by atoms with Crippen LogP contribution in [0.1, 0.15) is 43.6 Å². The average molecular weight is 354 g/mol. The fourth-order valence-electron chi connectivity index (χ4n) is 2.73. The van der Waals surface area contributed by atoms with E-state index in [1.165, 1.54) is 34.9 Å². The van der Waals surface area contributed by atoms with Gasteiger partial charge in [0.15, 0.2) is 0 Å². The minimum Gasteiger partial charge on any atom is -0.465 e. The molecule has 0 N–H and O–H groups in total. The number of rotatable bonds is 2. The number of carbonyl (C=O) groups is 2. The lowest BCUT2D eigenvalue weighted by atomic mass is 10.0. The summed E-state index contributed by atoms with van der Waals surface area (Å²) in [6.07, 6.45) is -0.351. The lowest BCUT2D eigenvalue weighted by Crippen LogP contribution is -2.49. The van der Waals surface area contributed by atoms with E-state index in [1.54, 1.807) is 20.8 Å². The maximum absolute atomic E-state index is 14.6. The van der Waals surface area contributed by atoms with Crippen molar-refractivity contribution in [2.24, 2.45) is 0 Å². The number of nitrogens with zero attached hydrogens (tertiary/aromatic N) is 2. The molecule has 2 atom stereocenters. The largest absolute Gasteiger partial charge is 0.465 e. The monoisotopic (exact) mass is 354 g/mol. The standard InChI is InChI=1S/C17H23FN2O5/c1-17(2,3)25-16(23)19-9-7-13(12(18)10-19)20-8-5-6-11(14(20)21)15(22)24-4/h5-6,8,12-13H,7,9-10H2,1-4H3/t12-,13+/m1/s1. The molecule has 0 spiro atoms. The Labute approximate surface area is 145 Å². The Morgan fingerprint density at radius 1 is 1.32 bits per heavy atom. The highest BCUT2D eigenvalue weighted by atomic mass is 19.1. The molecular weight excluding hydrogens is 331 g/mol. The molecule has 138 valence electrons. The van der Waals surface area contributed by atoms with E-state index in [-0.39, 0.29) is 25.1 Å². The van der Waals surface area contributed by atoms with E-state index in [9.17, 15) is 18.8 Å². The zero-order valence-electron chi connectivity index (χ0n) is 14.8. The van der Waals surface area contributed by atoms with Crippen molar-refractivity contribution in [1.29, 1.82) is 0 Å². The molecule has 0 bridgehead atoms. The molecule has 2 heterocycles. The first-order chi connectivity index (χ1) is 11.6. The number of aromatic nitrogens is 1. The summed E-state index contributed by atoms with van der Waals surface area (Å²) in [4.78, 5) is 37.4. The molecule has 2 rings (SSSR count). The van der Waals surface area contributed by atoms with Gasteiger partial charge < -0.3 is 18.9 Å². The first-order valence-corrected chi connectivity index (χ1v) is 8.05. The van der Waals surface area contributed by atoms with Crippen molar-refractivity contribution in [3.63, 3.8) is 0 Å². The smallest absolute Gasteiger partial charge is 0.410 e. The molecule has 8 heteroatoms. The van der Waals surface area contributed by atoms with Gasteiger partial charge >= 0.3 is 12.1 Å². The Balaban J connectivity index is 2.16. The fourth-order valence-corrected chi connectivity index (χ4v) is 2.73. The van der Waals surface area contributed by atoms with Crippen molar-refractivity contribution >= 4 is 12.1 Å². The van der Waals surface area contributed by atoms with Crippen LogP contribution < -0.4 is 5.56 Å². The topological polar surface area (TPSA) is 77.8 Å². The number of alkyl halides is 1.